The number of hydrogen-bond donors (Lipinski definition) is 3. The van der Waals surface area contributed by atoms with E-state index in [1.165, 1.54) is 12.1 Å². The number of nitrogens with one attached hydrogen (secondary N) is 3. The highest BCUT2D eigenvalue weighted by Gasteiger charge is 2.30. The summed E-state index contributed by atoms with van der Waals surface area (Å²) in [4.78, 5) is 11.7. The van der Waals surface area contributed by atoms with Gasteiger partial charge in [-0.25, -0.2) is 4.79 Å². The fourth-order valence-electron chi connectivity index (χ4n) is 1.91. The van der Waals surface area contributed by atoms with Crippen molar-refractivity contribution in [3.8, 4) is 5.75 Å². The van der Waals surface area contributed by atoms with Gasteiger partial charge in [-0.3, -0.25) is 10.9 Å². The Balaban J connectivity index is 1.75. The van der Waals surface area contributed by atoms with Crippen molar-refractivity contribution < 1.29 is 27.1 Å². The minimum Gasteiger partial charge on any atom is -0.469 e. The zero-order chi connectivity index (χ0) is 17.6. The van der Waals surface area contributed by atoms with Gasteiger partial charge in [0.1, 0.15) is 11.5 Å². The van der Waals surface area contributed by atoms with E-state index in [0.29, 0.717) is 12.1 Å². The number of halogens is 3. The number of hydrogen-bond acceptors (Lipinski definition) is 4. The van der Waals surface area contributed by atoms with Gasteiger partial charge < -0.3 is 14.5 Å². The molecular formula is C15H16F3N3O3. The van der Waals surface area contributed by atoms with Crippen LogP contribution in [0.25, 0.3) is 0 Å². The summed E-state index contributed by atoms with van der Waals surface area (Å²) >= 11 is 0. The first-order valence-electron chi connectivity index (χ1n) is 7.02. The number of carbonyl (C=O) groups excluding carboxylic acids is 1. The molecule has 0 bridgehead atoms. The molecular weight excluding hydrogens is 327 g/mol. The predicted octanol–water partition coefficient (Wildman–Crippen LogP) is 3.44. The summed E-state index contributed by atoms with van der Waals surface area (Å²) in [6.45, 7) is 1.81. The van der Waals surface area contributed by atoms with Crippen LogP contribution in [0.2, 0.25) is 0 Å². The third-order valence-corrected chi connectivity index (χ3v) is 2.87. The SMILES string of the molecule is C[C@@H](Cc1ccco1)NC(=O)NNc1ccc(OC(F)(F)F)cc1. The third-order valence-electron chi connectivity index (χ3n) is 2.87. The number of alkyl halides is 3. The van der Waals surface area contributed by atoms with Crippen LogP contribution in [0.4, 0.5) is 23.7 Å². The Morgan fingerprint density at radius 2 is 1.96 bits per heavy atom. The molecule has 0 unspecified atom stereocenters. The Morgan fingerprint density at radius 1 is 1.25 bits per heavy atom. The summed E-state index contributed by atoms with van der Waals surface area (Å²) in [5, 5.41) is 2.68. The average molecular weight is 343 g/mol. The Labute approximate surface area is 135 Å². The van der Waals surface area contributed by atoms with Crippen molar-refractivity contribution in [2.45, 2.75) is 25.7 Å². The van der Waals surface area contributed by atoms with Crippen molar-refractivity contribution in [1.82, 2.24) is 10.7 Å². The summed E-state index contributed by atoms with van der Waals surface area (Å²) in [5.41, 5.74) is 5.36. The number of hydrazine groups is 1. The van der Waals surface area contributed by atoms with Crippen LogP contribution in [-0.2, 0) is 6.42 Å². The Morgan fingerprint density at radius 3 is 2.54 bits per heavy atom. The second-order valence-corrected chi connectivity index (χ2v) is 4.98. The van der Waals surface area contributed by atoms with Crippen LogP contribution in [-0.4, -0.2) is 18.4 Å². The van der Waals surface area contributed by atoms with E-state index in [1.54, 1.807) is 18.4 Å². The summed E-state index contributed by atoms with van der Waals surface area (Å²) < 4.78 is 45.1. The van der Waals surface area contributed by atoms with E-state index in [2.05, 4.69) is 20.9 Å². The molecule has 0 aliphatic rings. The number of benzene rings is 1. The van der Waals surface area contributed by atoms with Gasteiger partial charge in [0.25, 0.3) is 0 Å². The fourth-order valence-corrected chi connectivity index (χ4v) is 1.91. The molecule has 1 heterocycles. The highest BCUT2D eigenvalue weighted by Crippen LogP contribution is 2.23. The highest BCUT2D eigenvalue weighted by atomic mass is 19.4. The molecule has 1 aromatic heterocycles. The smallest absolute Gasteiger partial charge is 0.469 e. The first-order chi connectivity index (χ1) is 11.3. The van der Waals surface area contributed by atoms with Crippen LogP contribution in [0.1, 0.15) is 12.7 Å². The van der Waals surface area contributed by atoms with Crippen LogP contribution < -0.4 is 20.9 Å². The minimum absolute atomic E-state index is 0.166. The van der Waals surface area contributed by atoms with Crippen molar-refractivity contribution in [3.05, 3.63) is 48.4 Å². The topological polar surface area (TPSA) is 75.5 Å². The van der Waals surface area contributed by atoms with E-state index >= 15 is 0 Å². The molecule has 0 saturated heterocycles. The standard InChI is InChI=1S/C15H16F3N3O3/c1-10(9-13-3-2-8-23-13)19-14(22)21-20-11-4-6-12(7-5-11)24-15(16,17)18/h2-8,10,20H,9H2,1H3,(H2,19,21,22)/t10-/m0/s1. The fraction of sp³-hybridized carbons (Fsp3) is 0.267. The minimum atomic E-state index is -4.74. The largest absolute Gasteiger partial charge is 0.573 e. The molecule has 1 aromatic carbocycles. The lowest BCUT2D eigenvalue weighted by atomic mass is 10.2. The second kappa shape index (κ2) is 7.62. The number of ether oxygens (including phenoxy) is 1. The highest BCUT2D eigenvalue weighted by molar-refractivity contribution is 5.75. The first-order valence-corrected chi connectivity index (χ1v) is 7.02. The normalized spacial score (nSPS) is 12.3. The number of anilines is 1. The van der Waals surface area contributed by atoms with Crippen LogP contribution in [0.15, 0.2) is 47.1 Å². The zero-order valence-electron chi connectivity index (χ0n) is 12.7. The molecule has 0 saturated carbocycles. The lowest BCUT2D eigenvalue weighted by Gasteiger charge is -2.15. The molecule has 3 N–H and O–H groups in total. The molecule has 6 nitrogen and oxygen atoms in total. The van der Waals surface area contributed by atoms with Gasteiger partial charge in [0.2, 0.25) is 0 Å². The molecule has 0 aliphatic heterocycles. The molecule has 0 aliphatic carbocycles. The van der Waals surface area contributed by atoms with E-state index in [4.69, 9.17) is 4.42 Å². The van der Waals surface area contributed by atoms with Crippen LogP contribution in [0, 0.1) is 0 Å². The molecule has 0 spiro atoms. The molecule has 24 heavy (non-hydrogen) atoms. The van der Waals surface area contributed by atoms with E-state index < -0.39 is 12.4 Å². The number of amides is 2. The molecule has 1 atom stereocenters. The van der Waals surface area contributed by atoms with Crippen LogP contribution in [0.5, 0.6) is 5.75 Å². The van der Waals surface area contributed by atoms with Gasteiger partial charge in [0.05, 0.1) is 12.0 Å². The summed E-state index contributed by atoms with van der Waals surface area (Å²) in [5.74, 6) is 0.403. The molecule has 0 radical (unpaired) electrons. The van der Waals surface area contributed by atoms with Gasteiger partial charge in [0.15, 0.2) is 0 Å². The molecule has 9 heteroatoms. The van der Waals surface area contributed by atoms with Gasteiger partial charge in [-0.1, -0.05) is 0 Å². The number of rotatable bonds is 6. The predicted molar refractivity (Wildman–Crippen MR) is 80.3 cm³/mol. The Hall–Kier alpha value is -2.84. The molecule has 2 amide bonds. The second-order valence-electron chi connectivity index (χ2n) is 4.98. The van der Waals surface area contributed by atoms with E-state index in [-0.39, 0.29) is 11.8 Å². The number of urea groups is 1. The van der Waals surface area contributed by atoms with E-state index in [1.807, 2.05) is 6.92 Å². The maximum atomic E-state index is 12.0. The van der Waals surface area contributed by atoms with E-state index in [9.17, 15) is 18.0 Å². The molecule has 0 fully saturated rings. The average Bonchev–Trinajstić information content (AvgIpc) is 2.97. The summed E-state index contributed by atoms with van der Waals surface area (Å²) in [6, 6.07) is 7.87. The Bertz CT molecular complexity index is 642. The molecule has 2 aromatic rings. The zero-order valence-corrected chi connectivity index (χ0v) is 12.7. The van der Waals surface area contributed by atoms with Gasteiger partial charge >= 0.3 is 12.4 Å². The lowest BCUT2D eigenvalue weighted by Crippen LogP contribution is -2.43. The lowest BCUT2D eigenvalue weighted by molar-refractivity contribution is -0.274. The van der Waals surface area contributed by atoms with Gasteiger partial charge in [0, 0.05) is 12.5 Å². The Kier molecular flexibility index (Phi) is 5.56. The van der Waals surface area contributed by atoms with Crippen molar-refractivity contribution in [3.63, 3.8) is 0 Å². The quantitative estimate of drug-likeness (QED) is 0.703. The first kappa shape index (κ1) is 17.5. The van der Waals surface area contributed by atoms with Gasteiger partial charge in [-0.05, 0) is 43.3 Å². The van der Waals surface area contributed by atoms with Gasteiger partial charge in [-0.15, -0.1) is 13.2 Å². The number of furan rings is 1. The van der Waals surface area contributed by atoms with Crippen molar-refractivity contribution in [2.75, 3.05) is 5.43 Å². The van der Waals surface area contributed by atoms with E-state index in [0.717, 1.165) is 17.9 Å². The molecule has 2 rings (SSSR count). The monoisotopic (exact) mass is 343 g/mol. The van der Waals surface area contributed by atoms with Crippen LogP contribution in [0.3, 0.4) is 0 Å². The third kappa shape index (κ3) is 6.11. The van der Waals surface area contributed by atoms with Crippen molar-refractivity contribution >= 4 is 11.7 Å². The summed E-state index contributed by atoms with van der Waals surface area (Å²) in [6.07, 6.45) is -2.66. The number of carbonyl (C=O) groups is 1. The van der Waals surface area contributed by atoms with Crippen molar-refractivity contribution in [1.29, 1.82) is 0 Å². The van der Waals surface area contributed by atoms with Crippen LogP contribution >= 0.6 is 0 Å². The molecule has 130 valence electrons. The van der Waals surface area contributed by atoms with Crippen molar-refractivity contribution in [2.24, 2.45) is 0 Å². The maximum Gasteiger partial charge on any atom is 0.573 e. The summed E-state index contributed by atoms with van der Waals surface area (Å²) in [7, 11) is 0. The van der Waals surface area contributed by atoms with Gasteiger partial charge in [-0.2, -0.15) is 0 Å². The maximum absolute atomic E-state index is 12.0.